The van der Waals surface area contributed by atoms with Gasteiger partial charge in [-0.2, -0.15) is 4.98 Å². The topological polar surface area (TPSA) is 213 Å². The van der Waals surface area contributed by atoms with E-state index in [0.717, 1.165) is 11.0 Å². The van der Waals surface area contributed by atoms with E-state index in [0.29, 0.717) is 31.6 Å². The van der Waals surface area contributed by atoms with Crippen LogP contribution in [-0.4, -0.2) is 90.3 Å². The minimum absolute atomic E-state index is 0.0131. The van der Waals surface area contributed by atoms with Crippen molar-refractivity contribution in [2.75, 3.05) is 38.0 Å². The third kappa shape index (κ3) is 6.24. The van der Waals surface area contributed by atoms with Crippen LogP contribution in [0.4, 0.5) is 16.2 Å². The van der Waals surface area contributed by atoms with E-state index in [1.807, 2.05) is 16.8 Å². The molecule has 0 saturated carbocycles. The minimum atomic E-state index is -1.73. The monoisotopic (exact) mass is 627 g/mol. The lowest BCUT2D eigenvalue weighted by Crippen LogP contribution is -2.32. The summed E-state index contributed by atoms with van der Waals surface area (Å²) in [4.78, 5) is 35.4. The number of H-pyrrole nitrogens is 1. The van der Waals surface area contributed by atoms with Crippen LogP contribution < -0.4 is 17.0 Å². The number of ether oxygens (including phenoxy) is 2. The van der Waals surface area contributed by atoms with Crippen molar-refractivity contribution in [3.63, 3.8) is 0 Å². The van der Waals surface area contributed by atoms with E-state index in [4.69, 9.17) is 30.0 Å². The maximum absolute atomic E-state index is 15.2. The molecule has 8 atom stereocenters. The van der Waals surface area contributed by atoms with Crippen LogP contribution >= 0.6 is 18.3 Å². The van der Waals surface area contributed by atoms with Crippen LogP contribution in [-0.2, 0) is 30.0 Å². The molecule has 2 unspecified atom stereocenters. The molecule has 0 aliphatic carbocycles. The molecular formula is C23H32FN9O7P2. The molecule has 4 aromatic heterocycles. The molecule has 19 heteroatoms. The molecule has 0 radical (unpaired) electrons. The van der Waals surface area contributed by atoms with Gasteiger partial charge in [-0.05, 0) is 18.6 Å². The van der Waals surface area contributed by atoms with Gasteiger partial charge in [0.05, 0.1) is 31.0 Å². The zero-order valence-corrected chi connectivity index (χ0v) is 24.7. The molecular weight excluding hydrogens is 595 g/mol. The van der Waals surface area contributed by atoms with Gasteiger partial charge < -0.3 is 34.6 Å². The summed E-state index contributed by atoms with van der Waals surface area (Å²) < 4.78 is 41.1. The number of nitrogens with one attached hydrogen (secondary N) is 1. The van der Waals surface area contributed by atoms with Crippen LogP contribution in [0.5, 0.6) is 0 Å². The van der Waals surface area contributed by atoms with Crippen molar-refractivity contribution in [1.82, 2.24) is 34.1 Å². The fraction of sp³-hybridized carbons (Fsp3) is 0.522. The molecule has 1 saturated heterocycles. The third-order valence-electron chi connectivity index (χ3n) is 7.18. The van der Waals surface area contributed by atoms with Gasteiger partial charge in [-0.25, -0.2) is 24.2 Å². The van der Waals surface area contributed by atoms with Gasteiger partial charge in [0.15, 0.2) is 29.7 Å². The molecule has 4 aromatic rings. The van der Waals surface area contributed by atoms with Gasteiger partial charge in [-0.15, -0.1) is 0 Å². The first-order valence-corrected chi connectivity index (χ1v) is 14.5. The molecule has 0 spiro atoms. The Labute approximate surface area is 242 Å². The number of aromatic amines is 1. The van der Waals surface area contributed by atoms with Crippen LogP contribution in [0.2, 0.25) is 0 Å². The predicted octanol–water partition coefficient (Wildman–Crippen LogP) is 1.26. The maximum atomic E-state index is 15.2. The fourth-order valence-corrected chi connectivity index (χ4v) is 6.17. The Hall–Kier alpha value is -2.88. The number of imidazole rings is 1. The quantitative estimate of drug-likeness (QED) is 0.0672. The molecule has 1 aliphatic rings. The molecule has 228 valence electrons. The number of rotatable bonds is 14. The normalized spacial score (nSPS) is 22.6. The maximum Gasteiger partial charge on any atom is 0.280 e. The average molecular weight is 628 g/mol. The zero-order valence-electron chi connectivity index (χ0n) is 22.5. The van der Waals surface area contributed by atoms with Gasteiger partial charge in [-0.3, -0.25) is 19.6 Å². The second-order valence-corrected chi connectivity index (χ2v) is 11.1. The highest BCUT2D eigenvalue weighted by atomic mass is 31.1. The highest BCUT2D eigenvalue weighted by Gasteiger charge is 2.48. The standard InChI is InChI=1S/C23H32FN9O7P2/c1-36-13(7-37-41)11(6-32-4-2-12-18(25)27-9-28-19(12)32)3-5-42-38-8-14-15(24)17(40-35)22(39-14)33-10-29-16-20(33)30-23(26)31-21(16)34/h2,4,9-11,13-15,17,22,35,42H,3,5-8,41H2,1H3,(H2,25,27,28)(H3,26,30,31,34)/t11-,13+,14+,15+,17+,22+/m0/s1. The van der Waals surface area contributed by atoms with Crippen molar-refractivity contribution >= 4 is 52.2 Å². The number of anilines is 2. The second kappa shape index (κ2) is 13.6. The Morgan fingerprint density at radius 3 is 2.90 bits per heavy atom. The molecule has 16 nitrogen and oxygen atoms in total. The molecule has 6 N–H and O–H groups in total. The molecule has 0 amide bonds. The Morgan fingerprint density at radius 1 is 1.31 bits per heavy atom. The Kier molecular flexibility index (Phi) is 9.91. The summed E-state index contributed by atoms with van der Waals surface area (Å²) in [6.07, 6.45) is 0.395. The number of hydrogen-bond donors (Lipinski definition) is 4. The van der Waals surface area contributed by atoms with Gasteiger partial charge in [0, 0.05) is 44.0 Å². The van der Waals surface area contributed by atoms with Crippen LogP contribution in [0, 0.1) is 5.92 Å². The number of halogens is 1. The van der Waals surface area contributed by atoms with E-state index in [9.17, 15) is 10.1 Å². The first kappa shape index (κ1) is 30.6. The van der Waals surface area contributed by atoms with E-state index in [-0.39, 0.29) is 44.5 Å². The number of nitrogens with two attached hydrogens (primary N) is 2. The summed E-state index contributed by atoms with van der Waals surface area (Å²) in [5.41, 5.74) is 11.9. The Morgan fingerprint density at radius 2 is 2.14 bits per heavy atom. The largest absolute Gasteiger partial charge is 0.383 e. The van der Waals surface area contributed by atoms with E-state index in [2.05, 4.69) is 39.3 Å². The molecule has 1 fully saturated rings. The molecule has 5 rings (SSSR count). The lowest BCUT2D eigenvalue weighted by Gasteiger charge is -2.26. The average Bonchev–Trinajstić information content (AvgIpc) is 3.67. The number of aromatic nitrogens is 7. The van der Waals surface area contributed by atoms with Gasteiger partial charge in [0.25, 0.3) is 5.56 Å². The summed E-state index contributed by atoms with van der Waals surface area (Å²) in [7, 11) is 3.89. The van der Waals surface area contributed by atoms with Gasteiger partial charge in [0.1, 0.15) is 23.9 Å². The van der Waals surface area contributed by atoms with Gasteiger partial charge in [-0.1, -0.05) is 0 Å². The van der Waals surface area contributed by atoms with E-state index >= 15 is 4.39 Å². The van der Waals surface area contributed by atoms with E-state index in [1.54, 1.807) is 7.11 Å². The van der Waals surface area contributed by atoms with Crippen molar-refractivity contribution in [2.45, 2.75) is 43.7 Å². The van der Waals surface area contributed by atoms with Crippen molar-refractivity contribution in [2.24, 2.45) is 5.92 Å². The summed E-state index contributed by atoms with van der Waals surface area (Å²) in [6, 6.07) is 1.88. The predicted molar refractivity (Wildman–Crippen MR) is 155 cm³/mol. The number of hydrogen-bond acceptors (Lipinski definition) is 13. The minimum Gasteiger partial charge on any atom is -0.383 e. The number of alkyl halides is 1. The summed E-state index contributed by atoms with van der Waals surface area (Å²) in [6.45, 7) is 0.863. The van der Waals surface area contributed by atoms with Crippen LogP contribution in [0.25, 0.3) is 22.2 Å². The molecule has 5 heterocycles. The lowest BCUT2D eigenvalue weighted by atomic mass is 9.99. The van der Waals surface area contributed by atoms with Crippen LogP contribution in [0.15, 0.2) is 29.7 Å². The molecule has 0 bridgehead atoms. The van der Waals surface area contributed by atoms with Gasteiger partial charge >= 0.3 is 0 Å². The van der Waals surface area contributed by atoms with Crippen molar-refractivity contribution < 1.29 is 33.1 Å². The van der Waals surface area contributed by atoms with Gasteiger partial charge in [0.2, 0.25) is 5.95 Å². The Bertz CT molecular complexity index is 1560. The van der Waals surface area contributed by atoms with Crippen molar-refractivity contribution in [3.05, 3.63) is 35.3 Å². The van der Waals surface area contributed by atoms with Crippen molar-refractivity contribution in [1.29, 1.82) is 0 Å². The molecule has 1 aliphatic heterocycles. The highest BCUT2D eigenvalue weighted by molar-refractivity contribution is 7.32. The first-order valence-electron chi connectivity index (χ1n) is 12.9. The third-order valence-corrected chi connectivity index (χ3v) is 8.24. The summed E-state index contributed by atoms with van der Waals surface area (Å²) >= 11 is 0. The lowest BCUT2D eigenvalue weighted by molar-refractivity contribution is -0.300. The highest BCUT2D eigenvalue weighted by Crippen LogP contribution is 2.36. The van der Waals surface area contributed by atoms with E-state index < -0.39 is 30.2 Å². The number of nitrogens with zero attached hydrogens (tertiary/aromatic N) is 6. The van der Waals surface area contributed by atoms with Crippen LogP contribution in [0.1, 0.15) is 12.6 Å². The first-order chi connectivity index (χ1) is 20.4. The fourth-order valence-electron chi connectivity index (χ4n) is 5.06. The number of methoxy groups -OCH3 is 1. The second-order valence-electron chi connectivity index (χ2n) is 9.68. The zero-order chi connectivity index (χ0) is 29.8. The number of fused-ring (bicyclic) bond motifs is 2. The molecule has 0 aromatic carbocycles. The Balaban J connectivity index is 1.19. The molecule has 42 heavy (non-hydrogen) atoms. The number of nitrogen functional groups attached to an aromatic ring is 2. The smallest absolute Gasteiger partial charge is 0.280 e. The van der Waals surface area contributed by atoms with Crippen molar-refractivity contribution in [3.8, 4) is 0 Å². The van der Waals surface area contributed by atoms with Crippen LogP contribution in [0.3, 0.4) is 0 Å². The summed E-state index contributed by atoms with van der Waals surface area (Å²) in [5.74, 6) is 0.296. The summed E-state index contributed by atoms with van der Waals surface area (Å²) in [5, 5.41) is 10.2. The SMILES string of the molecule is CO[C@H](COP)[C@@H](CCPOC[C@H]1O[C@@H](n2cnc3c(=O)[nH]c(N)nc32)[C@H](OO)[C@@H]1F)Cn1ccc2c(N)ncnc21. The van der Waals surface area contributed by atoms with E-state index in [1.165, 1.54) is 17.2 Å².